The Labute approximate surface area is 158 Å². The van der Waals surface area contributed by atoms with Crippen LogP contribution in [0.15, 0.2) is 52.1 Å². The molecule has 0 aliphatic rings. The number of nitrogens with zero attached hydrogens (tertiary/aromatic N) is 4. The maximum atomic E-state index is 12.0. The Hall–Kier alpha value is -3.68. The minimum Gasteiger partial charge on any atom is -0.270 e. The van der Waals surface area contributed by atoms with Gasteiger partial charge in [-0.1, -0.05) is 47.5 Å². The van der Waals surface area contributed by atoms with E-state index in [4.69, 9.17) is 16.9 Å². The molecule has 132 valence electrons. The largest absolute Gasteiger partial charge is 0.349 e. The van der Waals surface area contributed by atoms with E-state index in [9.17, 15) is 14.9 Å². The van der Waals surface area contributed by atoms with Gasteiger partial charge in [0.2, 0.25) is 5.69 Å². The Morgan fingerprint density at radius 3 is 2.44 bits per heavy atom. The standard InChI is InChI=1S/C19H12ClN5O2/c1-11-2-4-12(5-3-11)15(9-21)14-7-6-13(8-16(14)20)25-19(27)23-18(26)17(10-22)24-25/h2-8,15H,1H3,(H,23,26,27). The smallest absolute Gasteiger partial charge is 0.270 e. The number of aryl methyl sites for hydroxylation is 1. The highest BCUT2D eigenvalue weighted by atomic mass is 35.5. The number of rotatable bonds is 3. The van der Waals surface area contributed by atoms with Crippen molar-refractivity contribution in [3.05, 3.63) is 90.7 Å². The van der Waals surface area contributed by atoms with Gasteiger partial charge in [0.1, 0.15) is 6.07 Å². The fourth-order valence-corrected chi connectivity index (χ4v) is 2.90. The highest BCUT2D eigenvalue weighted by molar-refractivity contribution is 6.31. The van der Waals surface area contributed by atoms with Crippen LogP contribution < -0.4 is 11.2 Å². The summed E-state index contributed by atoms with van der Waals surface area (Å²) in [5, 5.41) is 22.5. The Bertz CT molecular complexity index is 1210. The summed E-state index contributed by atoms with van der Waals surface area (Å²) in [6, 6.07) is 16.0. The number of nitriles is 2. The molecule has 0 bridgehead atoms. The van der Waals surface area contributed by atoms with Gasteiger partial charge in [0.25, 0.3) is 5.56 Å². The number of H-pyrrole nitrogens is 1. The van der Waals surface area contributed by atoms with Crippen LogP contribution in [0.5, 0.6) is 0 Å². The molecule has 8 heteroatoms. The number of aromatic nitrogens is 3. The van der Waals surface area contributed by atoms with Crippen molar-refractivity contribution in [1.29, 1.82) is 10.5 Å². The molecule has 1 atom stereocenters. The summed E-state index contributed by atoms with van der Waals surface area (Å²) in [6.07, 6.45) is 0. The van der Waals surface area contributed by atoms with Gasteiger partial charge in [-0.15, -0.1) is 5.10 Å². The van der Waals surface area contributed by atoms with Crippen LogP contribution >= 0.6 is 11.6 Å². The molecule has 1 aromatic heterocycles. The van der Waals surface area contributed by atoms with Crippen molar-refractivity contribution in [2.75, 3.05) is 0 Å². The minimum atomic E-state index is -0.856. The summed E-state index contributed by atoms with van der Waals surface area (Å²) in [6.45, 7) is 1.96. The van der Waals surface area contributed by atoms with Crippen LogP contribution in [0.3, 0.4) is 0 Å². The predicted octanol–water partition coefficient (Wildman–Crippen LogP) is 2.41. The molecule has 1 heterocycles. The zero-order valence-electron chi connectivity index (χ0n) is 14.1. The molecule has 3 rings (SSSR count). The van der Waals surface area contributed by atoms with Crippen molar-refractivity contribution in [1.82, 2.24) is 14.8 Å². The first-order chi connectivity index (χ1) is 12.9. The summed E-state index contributed by atoms with van der Waals surface area (Å²) in [7, 11) is 0. The van der Waals surface area contributed by atoms with Crippen LogP contribution in [-0.4, -0.2) is 14.8 Å². The Morgan fingerprint density at radius 2 is 1.85 bits per heavy atom. The molecule has 7 nitrogen and oxygen atoms in total. The molecule has 0 saturated carbocycles. The molecule has 0 fully saturated rings. The highest BCUT2D eigenvalue weighted by Crippen LogP contribution is 2.31. The minimum absolute atomic E-state index is 0.262. The van der Waals surface area contributed by atoms with E-state index in [1.54, 1.807) is 18.2 Å². The molecule has 0 saturated heterocycles. The number of aromatic amines is 1. The van der Waals surface area contributed by atoms with E-state index in [0.717, 1.165) is 15.8 Å². The molecule has 0 spiro atoms. The van der Waals surface area contributed by atoms with E-state index in [2.05, 4.69) is 11.2 Å². The van der Waals surface area contributed by atoms with Crippen molar-refractivity contribution in [3.8, 4) is 17.8 Å². The fraction of sp³-hybridized carbons (Fsp3) is 0.105. The quantitative estimate of drug-likeness (QED) is 0.752. The lowest BCUT2D eigenvalue weighted by molar-refractivity contribution is 0.740. The molecule has 27 heavy (non-hydrogen) atoms. The Balaban J connectivity index is 2.08. The van der Waals surface area contributed by atoms with Gasteiger partial charge in [0.05, 0.1) is 17.7 Å². The lowest BCUT2D eigenvalue weighted by atomic mass is 9.92. The zero-order valence-corrected chi connectivity index (χ0v) is 14.9. The van der Waals surface area contributed by atoms with Crippen molar-refractivity contribution in [2.24, 2.45) is 0 Å². The van der Waals surface area contributed by atoms with Gasteiger partial charge < -0.3 is 0 Å². The summed E-state index contributed by atoms with van der Waals surface area (Å²) in [5.41, 5.74) is 0.623. The van der Waals surface area contributed by atoms with Gasteiger partial charge in [-0.05, 0) is 30.2 Å². The van der Waals surface area contributed by atoms with E-state index in [-0.39, 0.29) is 10.7 Å². The second kappa shape index (κ2) is 7.28. The van der Waals surface area contributed by atoms with E-state index < -0.39 is 22.9 Å². The third kappa shape index (κ3) is 3.50. The predicted molar refractivity (Wildman–Crippen MR) is 98.8 cm³/mol. The third-order valence-corrected chi connectivity index (χ3v) is 4.34. The number of nitrogens with one attached hydrogen (secondary N) is 1. The van der Waals surface area contributed by atoms with Gasteiger partial charge in [-0.25, -0.2) is 4.79 Å². The van der Waals surface area contributed by atoms with Gasteiger partial charge in [0, 0.05) is 5.02 Å². The van der Waals surface area contributed by atoms with Crippen molar-refractivity contribution in [2.45, 2.75) is 12.8 Å². The van der Waals surface area contributed by atoms with Crippen LogP contribution in [0.25, 0.3) is 5.69 Å². The normalized spacial score (nSPS) is 11.4. The number of hydrogen-bond acceptors (Lipinski definition) is 5. The van der Waals surface area contributed by atoms with E-state index in [1.165, 1.54) is 6.07 Å². The maximum Gasteiger partial charge on any atom is 0.349 e. The first-order valence-corrected chi connectivity index (χ1v) is 8.22. The fourth-order valence-electron chi connectivity index (χ4n) is 2.61. The lowest BCUT2D eigenvalue weighted by Gasteiger charge is -2.13. The topological polar surface area (TPSA) is 115 Å². The number of hydrogen-bond donors (Lipinski definition) is 1. The van der Waals surface area contributed by atoms with E-state index in [1.807, 2.05) is 36.2 Å². The Morgan fingerprint density at radius 1 is 1.15 bits per heavy atom. The highest BCUT2D eigenvalue weighted by Gasteiger charge is 2.18. The lowest BCUT2D eigenvalue weighted by Crippen LogP contribution is -2.33. The van der Waals surface area contributed by atoms with Gasteiger partial charge in [-0.3, -0.25) is 9.78 Å². The second-order valence-electron chi connectivity index (χ2n) is 5.81. The monoisotopic (exact) mass is 377 g/mol. The Kier molecular flexibility index (Phi) is 4.89. The van der Waals surface area contributed by atoms with Crippen LogP contribution in [0.2, 0.25) is 5.02 Å². The van der Waals surface area contributed by atoms with E-state index in [0.29, 0.717) is 5.56 Å². The molecule has 3 aromatic rings. The van der Waals surface area contributed by atoms with Gasteiger partial charge >= 0.3 is 5.69 Å². The van der Waals surface area contributed by atoms with E-state index >= 15 is 0 Å². The summed E-state index contributed by atoms with van der Waals surface area (Å²) < 4.78 is 0.878. The number of benzene rings is 2. The first-order valence-electron chi connectivity index (χ1n) is 7.84. The number of halogens is 1. The second-order valence-corrected chi connectivity index (χ2v) is 6.22. The van der Waals surface area contributed by atoms with Crippen LogP contribution in [0.4, 0.5) is 0 Å². The molecule has 2 aromatic carbocycles. The average molecular weight is 378 g/mol. The average Bonchev–Trinajstić information content (AvgIpc) is 2.65. The van der Waals surface area contributed by atoms with Crippen LogP contribution in [0.1, 0.15) is 28.3 Å². The molecule has 1 N–H and O–H groups in total. The summed E-state index contributed by atoms with van der Waals surface area (Å²) >= 11 is 6.36. The van der Waals surface area contributed by atoms with Crippen molar-refractivity contribution < 1.29 is 0 Å². The van der Waals surface area contributed by atoms with Crippen molar-refractivity contribution >= 4 is 11.6 Å². The zero-order chi connectivity index (χ0) is 19.6. The summed E-state index contributed by atoms with van der Waals surface area (Å²) in [4.78, 5) is 25.5. The first kappa shape index (κ1) is 18.1. The third-order valence-electron chi connectivity index (χ3n) is 4.01. The molecular formula is C19H12ClN5O2. The van der Waals surface area contributed by atoms with Gasteiger partial charge in [-0.2, -0.15) is 15.2 Å². The molecule has 0 aliphatic heterocycles. The maximum absolute atomic E-state index is 12.0. The van der Waals surface area contributed by atoms with Crippen molar-refractivity contribution in [3.63, 3.8) is 0 Å². The SMILES string of the molecule is Cc1ccc(C(C#N)c2ccc(-n3nc(C#N)c(=O)[nH]c3=O)cc2Cl)cc1. The molecule has 0 radical (unpaired) electrons. The molecular weight excluding hydrogens is 366 g/mol. The van der Waals surface area contributed by atoms with Gasteiger partial charge in [0.15, 0.2) is 0 Å². The molecule has 0 amide bonds. The van der Waals surface area contributed by atoms with Crippen LogP contribution in [-0.2, 0) is 0 Å². The summed E-state index contributed by atoms with van der Waals surface area (Å²) in [5.74, 6) is -0.581. The molecule has 0 aliphatic carbocycles. The van der Waals surface area contributed by atoms with Crippen LogP contribution in [0, 0.1) is 29.6 Å². The molecule has 1 unspecified atom stereocenters.